The molecule has 0 atom stereocenters. The van der Waals surface area contributed by atoms with Crippen LogP contribution in [0.1, 0.15) is 25.0 Å². The van der Waals surface area contributed by atoms with E-state index >= 15 is 0 Å². The van der Waals surface area contributed by atoms with E-state index in [0.717, 1.165) is 35.6 Å². The fourth-order valence-electron chi connectivity index (χ4n) is 2.29. The van der Waals surface area contributed by atoms with Crippen molar-refractivity contribution in [2.45, 2.75) is 25.8 Å². The SMILES string of the molecule is Brc1cn2c(CNN3CCCCC3)cnc2cn1. The number of hydrogen-bond acceptors (Lipinski definition) is 4. The highest BCUT2D eigenvalue weighted by Crippen LogP contribution is 2.11. The molecular formula is C12H16BrN5. The van der Waals surface area contributed by atoms with Crippen molar-refractivity contribution in [2.24, 2.45) is 0 Å². The third kappa shape index (κ3) is 2.55. The van der Waals surface area contributed by atoms with Crippen LogP contribution in [0.2, 0.25) is 0 Å². The van der Waals surface area contributed by atoms with Crippen molar-refractivity contribution >= 4 is 21.6 Å². The molecule has 0 unspecified atom stereocenters. The Bertz CT molecular complexity index is 532. The van der Waals surface area contributed by atoms with E-state index in [2.05, 4.69) is 40.7 Å². The summed E-state index contributed by atoms with van der Waals surface area (Å²) in [4.78, 5) is 8.52. The maximum Gasteiger partial charge on any atom is 0.155 e. The summed E-state index contributed by atoms with van der Waals surface area (Å²) in [6.07, 6.45) is 9.56. The number of nitrogens with one attached hydrogen (secondary N) is 1. The summed E-state index contributed by atoms with van der Waals surface area (Å²) in [6, 6.07) is 0. The van der Waals surface area contributed by atoms with Crippen molar-refractivity contribution in [3.05, 3.63) is 28.9 Å². The lowest BCUT2D eigenvalue weighted by atomic mass is 10.2. The number of imidazole rings is 1. The predicted molar refractivity (Wildman–Crippen MR) is 73.0 cm³/mol. The Morgan fingerprint density at radius 1 is 1.17 bits per heavy atom. The van der Waals surface area contributed by atoms with Gasteiger partial charge >= 0.3 is 0 Å². The van der Waals surface area contributed by atoms with E-state index in [-0.39, 0.29) is 0 Å². The maximum atomic E-state index is 4.34. The Hall–Kier alpha value is -0.980. The molecule has 0 aliphatic carbocycles. The highest BCUT2D eigenvalue weighted by atomic mass is 79.9. The first-order chi connectivity index (χ1) is 8.83. The van der Waals surface area contributed by atoms with E-state index in [9.17, 15) is 0 Å². The summed E-state index contributed by atoms with van der Waals surface area (Å²) in [5.41, 5.74) is 5.51. The lowest BCUT2D eigenvalue weighted by Crippen LogP contribution is -2.41. The number of rotatable bonds is 3. The van der Waals surface area contributed by atoms with Crippen LogP contribution in [0.4, 0.5) is 0 Å². The number of piperidine rings is 1. The third-order valence-corrected chi connectivity index (χ3v) is 3.69. The largest absolute Gasteiger partial charge is 0.299 e. The molecule has 0 radical (unpaired) electrons. The third-order valence-electron chi connectivity index (χ3n) is 3.28. The molecule has 0 amide bonds. The molecule has 2 aromatic rings. The molecule has 96 valence electrons. The lowest BCUT2D eigenvalue weighted by molar-refractivity contribution is 0.150. The number of hydrazine groups is 1. The van der Waals surface area contributed by atoms with E-state index in [4.69, 9.17) is 0 Å². The van der Waals surface area contributed by atoms with Crippen LogP contribution < -0.4 is 5.43 Å². The summed E-state index contributed by atoms with van der Waals surface area (Å²) in [5.74, 6) is 0. The second-order valence-electron chi connectivity index (χ2n) is 4.57. The topological polar surface area (TPSA) is 45.5 Å². The average molecular weight is 310 g/mol. The average Bonchev–Trinajstić information content (AvgIpc) is 2.80. The Labute approximate surface area is 114 Å². The Kier molecular flexibility index (Phi) is 3.58. The summed E-state index contributed by atoms with van der Waals surface area (Å²) in [7, 11) is 0. The summed E-state index contributed by atoms with van der Waals surface area (Å²) in [6.45, 7) is 3.08. The standard InChI is InChI=1S/C12H16BrN5/c13-11-9-18-10(6-15-12(18)8-14-11)7-16-17-4-2-1-3-5-17/h6,8-9,16H,1-5,7H2. The minimum atomic E-state index is 0.803. The van der Waals surface area contributed by atoms with Crippen LogP contribution in [-0.2, 0) is 6.54 Å². The molecule has 0 saturated carbocycles. The highest BCUT2D eigenvalue weighted by Gasteiger charge is 2.10. The van der Waals surface area contributed by atoms with Crippen molar-refractivity contribution in [1.29, 1.82) is 0 Å². The molecule has 5 nitrogen and oxygen atoms in total. The zero-order chi connectivity index (χ0) is 12.4. The van der Waals surface area contributed by atoms with Crippen molar-refractivity contribution in [3.8, 4) is 0 Å². The smallest absolute Gasteiger partial charge is 0.155 e. The van der Waals surface area contributed by atoms with Gasteiger partial charge < -0.3 is 0 Å². The number of nitrogens with zero attached hydrogens (tertiary/aromatic N) is 4. The van der Waals surface area contributed by atoms with Gasteiger partial charge in [-0.2, -0.15) is 0 Å². The Morgan fingerprint density at radius 3 is 2.83 bits per heavy atom. The molecule has 1 fully saturated rings. The molecule has 18 heavy (non-hydrogen) atoms. The van der Waals surface area contributed by atoms with Gasteiger partial charge in [-0.1, -0.05) is 6.42 Å². The first-order valence-corrected chi connectivity index (χ1v) is 7.08. The van der Waals surface area contributed by atoms with Crippen LogP contribution in [0.15, 0.2) is 23.2 Å². The van der Waals surface area contributed by atoms with Crippen molar-refractivity contribution in [1.82, 2.24) is 24.8 Å². The lowest BCUT2D eigenvalue weighted by Gasteiger charge is -2.26. The molecular weight excluding hydrogens is 294 g/mol. The van der Waals surface area contributed by atoms with Gasteiger partial charge in [0.15, 0.2) is 5.65 Å². The van der Waals surface area contributed by atoms with Gasteiger partial charge in [-0.25, -0.2) is 20.4 Å². The van der Waals surface area contributed by atoms with Crippen molar-refractivity contribution in [3.63, 3.8) is 0 Å². The number of hydrogen-bond donors (Lipinski definition) is 1. The van der Waals surface area contributed by atoms with Gasteiger partial charge in [-0.15, -0.1) is 0 Å². The van der Waals surface area contributed by atoms with Crippen LogP contribution in [0.3, 0.4) is 0 Å². The second kappa shape index (κ2) is 5.34. The molecule has 1 aliphatic heterocycles. The van der Waals surface area contributed by atoms with Crippen LogP contribution in [0.25, 0.3) is 5.65 Å². The quantitative estimate of drug-likeness (QED) is 0.942. The maximum absolute atomic E-state index is 4.34. The van der Waals surface area contributed by atoms with Gasteiger partial charge in [0, 0.05) is 19.3 Å². The van der Waals surface area contributed by atoms with Crippen LogP contribution >= 0.6 is 15.9 Å². The van der Waals surface area contributed by atoms with Gasteiger partial charge in [0.2, 0.25) is 0 Å². The first-order valence-electron chi connectivity index (χ1n) is 6.29. The molecule has 0 spiro atoms. The Balaban J connectivity index is 1.72. The van der Waals surface area contributed by atoms with Gasteiger partial charge in [0.05, 0.1) is 24.6 Å². The zero-order valence-electron chi connectivity index (χ0n) is 10.1. The predicted octanol–water partition coefficient (Wildman–Crippen LogP) is 1.98. The van der Waals surface area contributed by atoms with Gasteiger partial charge in [0.25, 0.3) is 0 Å². The van der Waals surface area contributed by atoms with Crippen LogP contribution in [0, 0.1) is 0 Å². The summed E-state index contributed by atoms with van der Waals surface area (Å²) in [5, 5.41) is 2.30. The molecule has 2 aromatic heterocycles. The number of halogens is 1. The van der Waals surface area contributed by atoms with Gasteiger partial charge in [-0.3, -0.25) is 4.40 Å². The summed E-state index contributed by atoms with van der Waals surface area (Å²) < 4.78 is 2.89. The Morgan fingerprint density at radius 2 is 2.00 bits per heavy atom. The summed E-state index contributed by atoms with van der Waals surface area (Å²) >= 11 is 3.39. The first kappa shape index (κ1) is 12.1. The fourth-order valence-corrected chi connectivity index (χ4v) is 2.60. The van der Waals surface area contributed by atoms with Crippen molar-refractivity contribution < 1.29 is 0 Å². The molecule has 1 saturated heterocycles. The van der Waals surface area contributed by atoms with E-state index in [1.54, 1.807) is 6.20 Å². The molecule has 0 bridgehead atoms. The van der Waals surface area contributed by atoms with E-state index < -0.39 is 0 Å². The number of aromatic nitrogens is 3. The van der Waals surface area contributed by atoms with E-state index in [1.807, 2.05) is 12.4 Å². The molecule has 1 N–H and O–H groups in total. The van der Waals surface area contributed by atoms with E-state index in [1.165, 1.54) is 19.3 Å². The fraction of sp³-hybridized carbons (Fsp3) is 0.500. The monoisotopic (exact) mass is 309 g/mol. The molecule has 6 heteroatoms. The van der Waals surface area contributed by atoms with Crippen LogP contribution in [0.5, 0.6) is 0 Å². The minimum Gasteiger partial charge on any atom is -0.299 e. The molecule has 3 rings (SSSR count). The highest BCUT2D eigenvalue weighted by molar-refractivity contribution is 9.10. The second-order valence-corrected chi connectivity index (χ2v) is 5.38. The zero-order valence-corrected chi connectivity index (χ0v) is 11.7. The normalized spacial score (nSPS) is 17.4. The van der Waals surface area contributed by atoms with Gasteiger partial charge in [0.1, 0.15) is 4.60 Å². The molecule has 3 heterocycles. The van der Waals surface area contributed by atoms with Crippen molar-refractivity contribution in [2.75, 3.05) is 13.1 Å². The molecule has 1 aliphatic rings. The molecule has 0 aromatic carbocycles. The van der Waals surface area contributed by atoms with E-state index in [0.29, 0.717) is 0 Å². The number of fused-ring (bicyclic) bond motifs is 1. The van der Waals surface area contributed by atoms with Crippen LogP contribution in [-0.4, -0.2) is 32.5 Å². The van der Waals surface area contributed by atoms with Gasteiger partial charge in [-0.05, 0) is 28.8 Å². The minimum absolute atomic E-state index is 0.803.